The van der Waals surface area contributed by atoms with E-state index < -0.39 is 11.9 Å². The zero-order valence-electron chi connectivity index (χ0n) is 14.8. The second-order valence-corrected chi connectivity index (χ2v) is 6.18. The molecule has 0 saturated carbocycles. The average Bonchev–Trinajstić information content (AvgIpc) is 2.69. The number of carbonyl (C=O) groups excluding carboxylic acids is 2. The molecule has 0 saturated heterocycles. The molecule has 0 spiro atoms. The Morgan fingerprint density at radius 1 is 0.852 bits per heavy atom. The normalized spacial score (nSPS) is 11.5. The molecule has 0 aliphatic rings. The molecule has 5 heteroatoms. The maximum absolute atomic E-state index is 13.1. The monoisotopic (exact) mass is 362 g/mol. The second-order valence-electron chi connectivity index (χ2n) is 6.18. The number of hydrogen-bond acceptors (Lipinski definition) is 2. The number of nitrogens with one attached hydrogen (secondary N) is 2. The molecular formula is C22H19FN2O2. The van der Waals surface area contributed by atoms with Crippen LogP contribution in [0.15, 0.2) is 78.9 Å². The van der Waals surface area contributed by atoms with Crippen molar-refractivity contribution in [2.24, 2.45) is 0 Å². The molecule has 3 aromatic carbocycles. The summed E-state index contributed by atoms with van der Waals surface area (Å²) in [6.07, 6.45) is 0. The number of hydrogen-bond donors (Lipinski definition) is 2. The van der Waals surface area contributed by atoms with Crippen LogP contribution in [0.25, 0.3) is 0 Å². The van der Waals surface area contributed by atoms with E-state index in [-0.39, 0.29) is 11.7 Å². The van der Waals surface area contributed by atoms with Gasteiger partial charge in [0, 0.05) is 11.3 Å². The van der Waals surface area contributed by atoms with Crippen LogP contribution in [0.3, 0.4) is 0 Å². The standard InChI is InChI=1S/C22H19FN2O2/c1-15-7-9-17(10-8-15)21(26)25-20(16-5-3-2-4-6-16)22(27)24-19-13-11-18(23)12-14-19/h2-14,20H,1H3,(H,24,27)(H,25,26)/t20-/m0/s1. The van der Waals surface area contributed by atoms with Crippen molar-refractivity contribution in [3.05, 3.63) is 101 Å². The Morgan fingerprint density at radius 3 is 2.11 bits per heavy atom. The Hall–Kier alpha value is -3.47. The van der Waals surface area contributed by atoms with E-state index in [0.717, 1.165) is 5.56 Å². The van der Waals surface area contributed by atoms with Crippen molar-refractivity contribution in [1.82, 2.24) is 5.32 Å². The van der Waals surface area contributed by atoms with Crippen LogP contribution in [-0.2, 0) is 4.79 Å². The van der Waals surface area contributed by atoms with Crippen LogP contribution in [0.5, 0.6) is 0 Å². The third kappa shape index (κ3) is 4.79. The molecule has 0 aliphatic carbocycles. The van der Waals surface area contributed by atoms with Crippen LogP contribution in [0.2, 0.25) is 0 Å². The summed E-state index contributed by atoms with van der Waals surface area (Å²) >= 11 is 0. The maximum Gasteiger partial charge on any atom is 0.252 e. The van der Waals surface area contributed by atoms with Crippen LogP contribution in [0.4, 0.5) is 10.1 Å². The van der Waals surface area contributed by atoms with Crippen molar-refractivity contribution in [2.45, 2.75) is 13.0 Å². The topological polar surface area (TPSA) is 58.2 Å². The third-order valence-corrected chi connectivity index (χ3v) is 4.10. The summed E-state index contributed by atoms with van der Waals surface area (Å²) in [7, 11) is 0. The van der Waals surface area contributed by atoms with Crippen molar-refractivity contribution in [3.8, 4) is 0 Å². The van der Waals surface area contributed by atoms with Crippen LogP contribution in [0, 0.1) is 12.7 Å². The summed E-state index contributed by atoms with van der Waals surface area (Å²) in [5.74, 6) is -1.15. The van der Waals surface area contributed by atoms with E-state index >= 15 is 0 Å². The molecule has 136 valence electrons. The Balaban J connectivity index is 1.82. The highest BCUT2D eigenvalue weighted by molar-refractivity contribution is 6.01. The molecule has 0 aliphatic heterocycles. The van der Waals surface area contributed by atoms with Gasteiger partial charge in [0.2, 0.25) is 0 Å². The fraction of sp³-hybridized carbons (Fsp3) is 0.0909. The Bertz CT molecular complexity index is 923. The van der Waals surface area contributed by atoms with E-state index in [1.165, 1.54) is 24.3 Å². The van der Waals surface area contributed by atoms with Gasteiger partial charge in [-0.15, -0.1) is 0 Å². The smallest absolute Gasteiger partial charge is 0.252 e. The Kier molecular flexibility index (Phi) is 5.61. The van der Waals surface area contributed by atoms with Gasteiger partial charge in [-0.05, 0) is 48.9 Å². The highest BCUT2D eigenvalue weighted by Crippen LogP contribution is 2.17. The van der Waals surface area contributed by atoms with Gasteiger partial charge in [0.15, 0.2) is 0 Å². The van der Waals surface area contributed by atoms with Gasteiger partial charge >= 0.3 is 0 Å². The van der Waals surface area contributed by atoms with Gasteiger partial charge in [0.25, 0.3) is 11.8 Å². The zero-order chi connectivity index (χ0) is 19.2. The third-order valence-electron chi connectivity index (χ3n) is 4.10. The Morgan fingerprint density at radius 2 is 1.48 bits per heavy atom. The Labute approximate surface area is 157 Å². The van der Waals surface area contributed by atoms with E-state index in [9.17, 15) is 14.0 Å². The van der Waals surface area contributed by atoms with Crippen LogP contribution in [0.1, 0.15) is 27.5 Å². The van der Waals surface area contributed by atoms with Gasteiger partial charge in [-0.1, -0.05) is 48.0 Å². The van der Waals surface area contributed by atoms with Crippen molar-refractivity contribution in [3.63, 3.8) is 0 Å². The number of aryl methyl sites for hydroxylation is 1. The molecule has 0 heterocycles. The maximum atomic E-state index is 13.1. The van der Waals surface area contributed by atoms with Crippen LogP contribution >= 0.6 is 0 Å². The lowest BCUT2D eigenvalue weighted by atomic mass is 10.0. The van der Waals surface area contributed by atoms with Crippen LogP contribution in [-0.4, -0.2) is 11.8 Å². The number of anilines is 1. The van der Waals surface area contributed by atoms with Gasteiger partial charge in [0.1, 0.15) is 11.9 Å². The lowest BCUT2D eigenvalue weighted by Crippen LogP contribution is -2.37. The SMILES string of the molecule is Cc1ccc(C(=O)N[C@H](C(=O)Nc2ccc(F)cc2)c2ccccc2)cc1. The molecule has 0 unspecified atom stereocenters. The van der Waals surface area contributed by atoms with Crippen molar-refractivity contribution < 1.29 is 14.0 Å². The lowest BCUT2D eigenvalue weighted by molar-refractivity contribution is -0.118. The summed E-state index contributed by atoms with van der Waals surface area (Å²) in [6, 6.07) is 20.6. The van der Waals surface area contributed by atoms with E-state index in [2.05, 4.69) is 10.6 Å². The van der Waals surface area contributed by atoms with E-state index in [1.54, 1.807) is 36.4 Å². The van der Waals surface area contributed by atoms with Crippen molar-refractivity contribution >= 4 is 17.5 Å². The number of carbonyl (C=O) groups is 2. The largest absolute Gasteiger partial charge is 0.336 e. The molecule has 0 aromatic heterocycles. The zero-order valence-corrected chi connectivity index (χ0v) is 14.8. The highest BCUT2D eigenvalue weighted by atomic mass is 19.1. The van der Waals surface area contributed by atoms with Gasteiger partial charge < -0.3 is 10.6 Å². The molecule has 3 aromatic rings. The molecule has 0 fully saturated rings. The second kappa shape index (κ2) is 8.27. The molecule has 4 nitrogen and oxygen atoms in total. The fourth-order valence-corrected chi connectivity index (χ4v) is 2.61. The van der Waals surface area contributed by atoms with Crippen molar-refractivity contribution in [2.75, 3.05) is 5.32 Å². The minimum absolute atomic E-state index is 0.349. The number of benzene rings is 3. The lowest BCUT2D eigenvalue weighted by Gasteiger charge is -2.19. The summed E-state index contributed by atoms with van der Waals surface area (Å²) in [5.41, 5.74) is 2.61. The first-order valence-electron chi connectivity index (χ1n) is 8.52. The predicted octanol–water partition coefficient (Wildman–Crippen LogP) is 4.24. The van der Waals surface area contributed by atoms with E-state index in [1.807, 2.05) is 25.1 Å². The van der Waals surface area contributed by atoms with Gasteiger partial charge in [-0.3, -0.25) is 9.59 Å². The summed E-state index contributed by atoms with van der Waals surface area (Å²) in [5, 5.41) is 5.49. The molecular weight excluding hydrogens is 343 g/mol. The molecule has 2 amide bonds. The van der Waals surface area contributed by atoms with Gasteiger partial charge in [0.05, 0.1) is 0 Å². The summed E-state index contributed by atoms with van der Waals surface area (Å²) in [6.45, 7) is 1.94. The highest BCUT2D eigenvalue weighted by Gasteiger charge is 2.23. The molecule has 1 atom stereocenters. The van der Waals surface area contributed by atoms with Crippen LogP contribution < -0.4 is 10.6 Å². The van der Waals surface area contributed by atoms with E-state index in [0.29, 0.717) is 16.8 Å². The molecule has 27 heavy (non-hydrogen) atoms. The minimum atomic E-state index is -0.884. The van der Waals surface area contributed by atoms with E-state index in [4.69, 9.17) is 0 Å². The first kappa shape index (κ1) is 18.3. The molecule has 3 rings (SSSR count). The quantitative estimate of drug-likeness (QED) is 0.713. The summed E-state index contributed by atoms with van der Waals surface area (Å²) < 4.78 is 13.1. The molecule has 2 N–H and O–H groups in total. The fourth-order valence-electron chi connectivity index (χ4n) is 2.61. The van der Waals surface area contributed by atoms with Gasteiger partial charge in [-0.25, -0.2) is 4.39 Å². The first-order valence-corrected chi connectivity index (χ1v) is 8.52. The average molecular weight is 362 g/mol. The summed E-state index contributed by atoms with van der Waals surface area (Å²) in [4.78, 5) is 25.4. The number of rotatable bonds is 5. The first-order chi connectivity index (χ1) is 13.0. The van der Waals surface area contributed by atoms with Gasteiger partial charge in [-0.2, -0.15) is 0 Å². The predicted molar refractivity (Wildman–Crippen MR) is 103 cm³/mol. The molecule has 0 radical (unpaired) electrons. The molecule has 0 bridgehead atoms. The van der Waals surface area contributed by atoms with Crippen molar-refractivity contribution in [1.29, 1.82) is 0 Å². The number of amides is 2. The minimum Gasteiger partial charge on any atom is -0.336 e. The number of halogens is 1.